The fourth-order valence-electron chi connectivity index (χ4n) is 6.11. The van der Waals surface area contributed by atoms with E-state index in [1.807, 2.05) is 22.8 Å². The smallest absolute Gasteiger partial charge is 0.372 e. The average Bonchev–Trinajstić information content (AvgIpc) is 3.40. The van der Waals surface area contributed by atoms with Gasteiger partial charge in [0, 0.05) is 30.2 Å². The maximum absolute atomic E-state index is 14.3. The number of ether oxygens (including phenoxy) is 2. The molecule has 0 spiro atoms. The first-order chi connectivity index (χ1) is 19.9. The van der Waals surface area contributed by atoms with Gasteiger partial charge in [0.15, 0.2) is 11.3 Å². The molecule has 3 aromatic heterocycles. The number of rotatable bonds is 9. The van der Waals surface area contributed by atoms with Crippen LogP contribution in [0.2, 0.25) is 0 Å². The molecule has 41 heavy (non-hydrogen) atoms. The normalized spacial score (nSPS) is 23.5. The lowest BCUT2D eigenvalue weighted by atomic mass is 9.91. The van der Waals surface area contributed by atoms with Crippen LogP contribution in [-0.2, 0) is 29.8 Å². The first kappa shape index (κ1) is 25.6. The molecule has 3 unspecified atom stereocenters. The summed E-state index contributed by atoms with van der Waals surface area (Å²) in [5.41, 5.74) is 2.69. The second-order valence-electron chi connectivity index (χ2n) is 11.1. The van der Waals surface area contributed by atoms with Gasteiger partial charge in [0.25, 0.3) is 0 Å². The van der Waals surface area contributed by atoms with Crippen molar-refractivity contribution in [2.45, 2.75) is 50.5 Å². The molecule has 2 saturated heterocycles. The number of nitrogens with zero attached hydrogens (tertiary/aromatic N) is 6. The van der Waals surface area contributed by atoms with Crippen LogP contribution in [-0.4, -0.2) is 66.3 Å². The molecule has 2 aliphatic heterocycles. The van der Waals surface area contributed by atoms with Crippen molar-refractivity contribution in [1.82, 2.24) is 29.4 Å². The molecule has 1 aliphatic carbocycles. The van der Waals surface area contributed by atoms with Gasteiger partial charge in [-0.3, -0.25) is 4.90 Å². The number of hydrogen-bond acceptors (Lipinski definition) is 8. The molecule has 5 heterocycles. The number of nitriles is 1. The summed E-state index contributed by atoms with van der Waals surface area (Å²) in [6.45, 7) is 3.78. The van der Waals surface area contributed by atoms with Crippen LogP contribution in [0.4, 0.5) is 4.39 Å². The number of hydrogen-bond donors (Lipinski definition) is 2. The van der Waals surface area contributed by atoms with Crippen LogP contribution >= 0.6 is 0 Å². The van der Waals surface area contributed by atoms with Gasteiger partial charge in [0.1, 0.15) is 18.2 Å². The molecule has 4 aromatic rings. The van der Waals surface area contributed by atoms with Crippen molar-refractivity contribution in [3.8, 4) is 11.9 Å². The minimum absolute atomic E-state index is 0.00868. The Hall–Kier alpha value is -4.34. The van der Waals surface area contributed by atoms with E-state index in [0.717, 1.165) is 50.5 Å². The van der Waals surface area contributed by atoms with E-state index in [4.69, 9.17) is 24.7 Å². The highest BCUT2D eigenvalue weighted by molar-refractivity contribution is 5.87. The SMILES string of the molecule is N#Cc1ccc(COc2cccc(C34CCN(Cc5nc6[nH]c(C(=O)O)nc6n5CC5CCO5)CC3C4)n2)c(F)c1. The summed E-state index contributed by atoms with van der Waals surface area (Å²) < 4.78 is 27.7. The fraction of sp³-hybridized carbons (Fsp3) is 0.414. The van der Waals surface area contributed by atoms with Gasteiger partial charge in [-0.1, -0.05) is 12.1 Å². The number of nitrogens with one attached hydrogen (secondary N) is 1. The molecule has 1 saturated carbocycles. The zero-order valence-electron chi connectivity index (χ0n) is 22.2. The summed E-state index contributed by atoms with van der Waals surface area (Å²) in [6.07, 6.45) is 3.03. The molecule has 1 aromatic carbocycles. The van der Waals surface area contributed by atoms with Gasteiger partial charge in [-0.05, 0) is 49.9 Å². The lowest BCUT2D eigenvalue weighted by Gasteiger charge is -2.32. The fourth-order valence-corrected chi connectivity index (χ4v) is 6.11. The highest BCUT2D eigenvalue weighted by atomic mass is 19.1. The maximum Gasteiger partial charge on any atom is 0.372 e. The zero-order valence-corrected chi connectivity index (χ0v) is 22.2. The van der Waals surface area contributed by atoms with E-state index in [-0.39, 0.29) is 29.5 Å². The number of halogens is 1. The zero-order chi connectivity index (χ0) is 28.1. The number of benzene rings is 1. The number of carbonyl (C=O) groups is 1. The number of likely N-dealkylation sites (tertiary alicyclic amines) is 1. The molecule has 12 heteroatoms. The van der Waals surface area contributed by atoms with Gasteiger partial charge < -0.3 is 24.1 Å². The summed E-state index contributed by atoms with van der Waals surface area (Å²) in [4.78, 5) is 30.4. The first-order valence-corrected chi connectivity index (χ1v) is 13.7. The Bertz CT molecular complexity index is 1690. The van der Waals surface area contributed by atoms with E-state index >= 15 is 0 Å². The number of pyridine rings is 1. The maximum atomic E-state index is 14.3. The number of carboxylic acids is 1. The quantitative estimate of drug-likeness (QED) is 0.317. The van der Waals surface area contributed by atoms with Crippen LogP contribution < -0.4 is 4.74 Å². The number of H-pyrrole nitrogens is 1. The van der Waals surface area contributed by atoms with Gasteiger partial charge in [0.05, 0.1) is 36.5 Å². The molecule has 0 bridgehead atoms. The molecule has 3 atom stereocenters. The van der Waals surface area contributed by atoms with Gasteiger partial charge in [-0.15, -0.1) is 0 Å². The minimum Gasteiger partial charge on any atom is -0.475 e. The summed E-state index contributed by atoms with van der Waals surface area (Å²) in [5.74, 6) is 0.0694. The van der Waals surface area contributed by atoms with E-state index in [9.17, 15) is 14.3 Å². The van der Waals surface area contributed by atoms with Gasteiger partial charge in [-0.2, -0.15) is 5.26 Å². The highest BCUT2D eigenvalue weighted by Gasteiger charge is 2.58. The van der Waals surface area contributed by atoms with Crippen molar-refractivity contribution in [2.75, 3.05) is 19.7 Å². The number of aromatic carboxylic acids is 1. The molecule has 3 aliphatic rings. The second-order valence-corrected chi connectivity index (χ2v) is 11.1. The Morgan fingerprint density at radius 3 is 2.90 bits per heavy atom. The Labute approximate surface area is 234 Å². The summed E-state index contributed by atoms with van der Waals surface area (Å²) in [5, 5.41) is 18.3. The van der Waals surface area contributed by atoms with Crippen molar-refractivity contribution < 1.29 is 23.8 Å². The number of piperidine rings is 1. The van der Waals surface area contributed by atoms with Crippen LogP contribution in [0.15, 0.2) is 36.4 Å². The van der Waals surface area contributed by atoms with E-state index < -0.39 is 11.8 Å². The van der Waals surface area contributed by atoms with Crippen LogP contribution in [0.1, 0.15) is 52.5 Å². The topological polar surface area (TPSA) is 142 Å². The van der Waals surface area contributed by atoms with Crippen molar-refractivity contribution >= 4 is 17.3 Å². The molecule has 210 valence electrons. The molecular formula is C29H28FN7O4. The van der Waals surface area contributed by atoms with Crippen LogP contribution in [0.25, 0.3) is 11.3 Å². The number of imidazole rings is 2. The Morgan fingerprint density at radius 2 is 2.17 bits per heavy atom. The van der Waals surface area contributed by atoms with Gasteiger partial charge in [-0.25, -0.2) is 24.1 Å². The van der Waals surface area contributed by atoms with Crippen LogP contribution in [0, 0.1) is 23.1 Å². The monoisotopic (exact) mass is 557 g/mol. The lowest BCUT2D eigenvalue weighted by molar-refractivity contribution is -0.0593. The standard InChI is InChI=1S/C29H28FN7O4/c30-21-10-17(12-31)4-5-18(21)16-41-24-3-1-2-22(32-24)29-7-8-36(13-19(29)11-29)15-23-33-25-27(35-26(34-25)28(38)39)37(23)14-20-6-9-40-20/h1-5,10,19-20H,6-9,11,13-16H2,(H,34,35)(H,38,39). The van der Waals surface area contributed by atoms with Crippen molar-refractivity contribution in [2.24, 2.45) is 5.92 Å². The van der Waals surface area contributed by atoms with E-state index in [2.05, 4.69) is 14.9 Å². The van der Waals surface area contributed by atoms with Crippen molar-refractivity contribution in [3.63, 3.8) is 0 Å². The molecule has 3 fully saturated rings. The number of fused-ring (bicyclic) bond motifs is 2. The third-order valence-corrected chi connectivity index (χ3v) is 8.60. The van der Waals surface area contributed by atoms with E-state index in [0.29, 0.717) is 41.7 Å². The minimum atomic E-state index is -1.11. The van der Waals surface area contributed by atoms with Crippen LogP contribution in [0.5, 0.6) is 5.88 Å². The molecule has 11 nitrogen and oxygen atoms in total. The molecule has 0 amide bonds. The summed E-state index contributed by atoms with van der Waals surface area (Å²) >= 11 is 0. The third-order valence-electron chi connectivity index (χ3n) is 8.60. The molecule has 7 rings (SSSR count). The highest BCUT2D eigenvalue weighted by Crippen LogP contribution is 2.58. The lowest BCUT2D eigenvalue weighted by Crippen LogP contribution is -2.37. The second kappa shape index (κ2) is 9.94. The number of carboxylic acid groups (broad SMARTS) is 1. The first-order valence-electron chi connectivity index (χ1n) is 13.7. The van der Waals surface area contributed by atoms with E-state index in [1.54, 1.807) is 18.2 Å². The molecule has 0 radical (unpaired) electrons. The van der Waals surface area contributed by atoms with Gasteiger partial charge >= 0.3 is 5.97 Å². The van der Waals surface area contributed by atoms with Crippen molar-refractivity contribution in [3.05, 3.63) is 70.7 Å². The molecule has 2 N–H and O–H groups in total. The number of aromatic nitrogens is 5. The Kier molecular flexibility index (Phi) is 6.21. The predicted octanol–water partition coefficient (Wildman–Crippen LogP) is 3.39. The van der Waals surface area contributed by atoms with Gasteiger partial charge in [0.2, 0.25) is 11.7 Å². The Morgan fingerprint density at radius 1 is 1.29 bits per heavy atom. The largest absolute Gasteiger partial charge is 0.475 e. The third kappa shape index (κ3) is 4.71. The summed E-state index contributed by atoms with van der Waals surface area (Å²) in [6, 6.07) is 12.0. The molecular weight excluding hydrogens is 529 g/mol. The van der Waals surface area contributed by atoms with Crippen LogP contribution in [0.3, 0.4) is 0 Å². The average molecular weight is 558 g/mol. The predicted molar refractivity (Wildman–Crippen MR) is 143 cm³/mol. The van der Waals surface area contributed by atoms with E-state index in [1.165, 1.54) is 6.07 Å². The van der Waals surface area contributed by atoms with Crippen molar-refractivity contribution in [1.29, 1.82) is 5.26 Å². The summed E-state index contributed by atoms with van der Waals surface area (Å²) in [7, 11) is 0. The Balaban J connectivity index is 1.03. The number of aromatic amines is 1.